The molecule has 0 unspecified atom stereocenters. The molecule has 0 fully saturated rings. The molecule has 1 rings (SSSR count). The van der Waals surface area contributed by atoms with Crippen LogP contribution in [0.4, 0.5) is 0 Å². The first-order valence-corrected chi connectivity index (χ1v) is 4.35. The Morgan fingerprint density at radius 2 is 1.64 bits per heavy atom. The molecule has 1 aromatic rings. The molecular formula is C6H8K2O5S. The third kappa shape index (κ3) is 5.37. The first kappa shape index (κ1) is 18.4. The molecule has 0 radical (unpaired) electrons. The average Bonchev–Trinajstić information content (AvgIpc) is 1.92. The van der Waals surface area contributed by atoms with Crippen molar-refractivity contribution < 1.29 is 129 Å². The Morgan fingerprint density at radius 1 is 1.14 bits per heavy atom. The first-order chi connectivity index (χ1) is 5.41. The summed E-state index contributed by atoms with van der Waals surface area (Å²) in [6.07, 6.45) is 0. The van der Waals surface area contributed by atoms with Crippen molar-refractivity contribution in [2.75, 3.05) is 0 Å². The van der Waals surface area contributed by atoms with Crippen molar-refractivity contribution in [2.24, 2.45) is 0 Å². The van der Waals surface area contributed by atoms with Crippen molar-refractivity contribution in [2.45, 2.75) is 4.90 Å². The van der Waals surface area contributed by atoms with E-state index in [2.05, 4.69) is 0 Å². The molecule has 5 nitrogen and oxygen atoms in total. The molecule has 0 aliphatic heterocycles. The molecule has 14 heavy (non-hydrogen) atoms. The fourth-order valence-electron chi connectivity index (χ4n) is 0.709. The number of benzene rings is 1. The van der Waals surface area contributed by atoms with Crippen LogP contribution in [0.2, 0.25) is 0 Å². The van der Waals surface area contributed by atoms with Crippen LogP contribution >= 0.6 is 0 Å². The van der Waals surface area contributed by atoms with Crippen LogP contribution in [0.3, 0.4) is 0 Å². The predicted octanol–water partition coefficient (Wildman–Crippen LogP) is -5.42. The summed E-state index contributed by atoms with van der Waals surface area (Å²) in [5, 5.41) is 17.7. The van der Waals surface area contributed by atoms with Gasteiger partial charge in [0, 0.05) is 6.07 Å². The molecule has 0 bridgehead atoms. The number of phenolic OH excluding ortho intramolecular Hbond substituents is 2. The molecule has 0 heterocycles. The molecule has 0 saturated carbocycles. The van der Waals surface area contributed by atoms with E-state index in [9.17, 15) is 8.42 Å². The summed E-state index contributed by atoms with van der Waals surface area (Å²) < 4.78 is 29.5. The zero-order valence-corrected chi connectivity index (χ0v) is 14.9. The van der Waals surface area contributed by atoms with E-state index in [1.165, 1.54) is 0 Å². The van der Waals surface area contributed by atoms with Gasteiger partial charge in [-0.25, -0.2) is 0 Å². The van der Waals surface area contributed by atoms with Crippen LogP contribution in [0.15, 0.2) is 23.1 Å². The minimum Gasteiger partial charge on any atom is -1.00 e. The van der Waals surface area contributed by atoms with Gasteiger partial charge in [-0.05, 0) is 12.1 Å². The summed E-state index contributed by atoms with van der Waals surface area (Å²) in [5.41, 5.74) is 0. The van der Waals surface area contributed by atoms with E-state index in [4.69, 9.17) is 14.8 Å². The van der Waals surface area contributed by atoms with E-state index in [1.54, 1.807) is 0 Å². The second-order valence-corrected chi connectivity index (χ2v) is 3.52. The maximum Gasteiger partial charge on any atom is 1.00 e. The van der Waals surface area contributed by atoms with Gasteiger partial charge in [0.25, 0.3) is 10.1 Å². The summed E-state index contributed by atoms with van der Waals surface area (Å²) in [4.78, 5) is -0.706. The Bertz CT molecular complexity index is 411. The van der Waals surface area contributed by atoms with Gasteiger partial charge in [-0.15, -0.1) is 0 Å². The van der Waals surface area contributed by atoms with Crippen LogP contribution in [0.25, 0.3) is 0 Å². The van der Waals surface area contributed by atoms with Gasteiger partial charge in [0.15, 0.2) is 0 Å². The molecule has 1 aromatic carbocycles. The molecule has 8 heteroatoms. The molecule has 0 aromatic heterocycles. The van der Waals surface area contributed by atoms with Gasteiger partial charge in [0.1, 0.15) is 16.4 Å². The SMILES string of the molecule is O=S(=O)(O)c1cc(O)ccc1O.[H-].[H-].[K+].[K+]. The van der Waals surface area contributed by atoms with Crippen LogP contribution in [-0.4, -0.2) is 23.2 Å². The van der Waals surface area contributed by atoms with Gasteiger partial charge in [-0.1, -0.05) is 0 Å². The number of rotatable bonds is 1. The van der Waals surface area contributed by atoms with Crippen molar-refractivity contribution in [1.29, 1.82) is 0 Å². The third-order valence-corrected chi connectivity index (χ3v) is 2.10. The molecule has 0 atom stereocenters. The maximum absolute atomic E-state index is 10.5. The Labute approximate surface area is 169 Å². The van der Waals surface area contributed by atoms with E-state index >= 15 is 0 Å². The fraction of sp³-hybridized carbons (Fsp3) is 0. The van der Waals surface area contributed by atoms with E-state index in [0.29, 0.717) is 0 Å². The Kier molecular flexibility index (Phi) is 9.65. The van der Waals surface area contributed by atoms with Crippen LogP contribution in [0.5, 0.6) is 11.5 Å². The van der Waals surface area contributed by atoms with Crippen molar-refractivity contribution in [3.63, 3.8) is 0 Å². The molecule has 0 aliphatic carbocycles. The van der Waals surface area contributed by atoms with E-state index in [0.717, 1.165) is 18.2 Å². The number of hydrogen-bond donors (Lipinski definition) is 3. The second-order valence-electron chi connectivity index (χ2n) is 2.13. The van der Waals surface area contributed by atoms with Crippen LogP contribution in [-0.2, 0) is 10.1 Å². The third-order valence-electron chi connectivity index (χ3n) is 1.22. The number of phenols is 2. The van der Waals surface area contributed by atoms with Gasteiger partial charge in [-0.3, -0.25) is 4.55 Å². The van der Waals surface area contributed by atoms with Gasteiger partial charge in [-0.2, -0.15) is 8.42 Å². The largest absolute Gasteiger partial charge is 1.00 e. The van der Waals surface area contributed by atoms with E-state index in [1.807, 2.05) is 0 Å². The van der Waals surface area contributed by atoms with E-state index in [-0.39, 0.29) is 111 Å². The number of aromatic hydroxyl groups is 2. The van der Waals surface area contributed by atoms with Crippen molar-refractivity contribution in [3.8, 4) is 11.5 Å². The van der Waals surface area contributed by atoms with Crippen LogP contribution < -0.4 is 103 Å². The van der Waals surface area contributed by atoms with Gasteiger partial charge in [0.05, 0.1) is 0 Å². The molecule has 70 valence electrons. The molecule has 0 aliphatic rings. The van der Waals surface area contributed by atoms with Crippen LogP contribution in [0, 0.1) is 0 Å². The molecule has 3 N–H and O–H groups in total. The topological polar surface area (TPSA) is 94.8 Å². The number of hydrogen-bond acceptors (Lipinski definition) is 4. The minimum absolute atomic E-state index is 0. The Hall–Kier alpha value is 2.00. The molecular weight excluding hydrogens is 262 g/mol. The molecule has 0 saturated heterocycles. The summed E-state index contributed by atoms with van der Waals surface area (Å²) in [7, 11) is -4.47. The zero-order chi connectivity index (χ0) is 9.35. The second kappa shape index (κ2) is 7.35. The quantitative estimate of drug-likeness (QED) is 0.269. The first-order valence-electron chi connectivity index (χ1n) is 2.91. The van der Waals surface area contributed by atoms with Crippen LogP contribution in [0.1, 0.15) is 2.85 Å². The Morgan fingerprint density at radius 3 is 2.00 bits per heavy atom. The smallest absolute Gasteiger partial charge is 1.00 e. The summed E-state index contributed by atoms with van der Waals surface area (Å²) in [5.74, 6) is -0.948. The summed E-state index contributed by atoms with van der Waals surface area (Å²) in [6, 6.07) is 2.83. The Balaban J connectivity index is -0.000000180. The maximum atomic E-state index is 10.5. The van der Waals surface area contributed by atoms with Gasteiger partial charge in [0.2, 0.25) is 0 Å². The summed E-state index contributed by atoms with van der Waals surface area (Å²) in [6.45, 7) is 0. The predicted molar refractivity (Wildman–Crippen MR) is 41.8 cm³/mol. The average molecular weight is 270 g/mol. The van der Waals surface area contributed by atoms with Gasteiger partial charge >= 0.3 is 103 Å². The van der Waals surface area contributed by atoms with Gasteiger partial charge < -0.3 is 13.1 Å². The standard InChI is InChI=1S/C6H6O5S.2K.2H/c7-4-1-2-5(8)6(3-4)12(9,10)11;;;;/h1-3,7-8H,(H,9,10,11);;;;/q;2*+1;2*-1. The van der Waals surface area contributed by atoms with Crippen molar-refractivity contribution >= 4 is 10.1 Å². The minimum atomic E-state index is -4.47. The van der Waals surface area contributed by atoms with Crippen molar-refractivity contribution in [1.82, 2.24) is 0 Å². The monoisotopic (exact) mass is 270 g/mol. The zero-order valence-electron chi connectivity index (χ0n) is 9.80. The summed E-state index contributed by atoms with van der Waals surface area (Å²) >= 11 is 0. The van der Waals surface area contributed by atoms with E-state index < -0.39 is 20.8 Å². The van der Waals surface area contributed by atoms with Crippen molar-refractivity contribution in [3.05, 3.63) is 18.2 Å². The molecule has 0 amide bonds. The normalized spacial score (nSPS) is 9.79. The molecule has 0 spiro atoms. The fourth-order valence-corrected chi connectivity index (χ4v) is 1.31.